The maximum atomic E-state index is 8.96. The fourth-order valence-corrected chi connectivity index (χ4v) is 1.27. The van der Waals surface area contributed by atoms with Crippen molar-refractivity contribution in [3.63, 3.8) is 0 Å². The molecule has 0 unspecified atom stereocenters. The second kappa shape index (κ2) is 5.82. The first-order chi connectivity index (χ1) is 7.29. The van der Waals surface area contributed by atoms with Crippen molar-refractivity contribution in [3.05, 3.63) is 35.5 Å². The molecule has 0 spiro atoms. The Bertz CT molecular complexity index is 388. The monoisotopic (exact) mass is 201 g/mol. The fraction of sp³-hybridized carbons (Fsp3) is 0.333. The van der Waals surface area contributed by atoms with Crippen LogP contribution >= 0.6 is 0 Å². The molecule has 0 aromatic carbocycles. The summed E-state index contributed by atoms with van der Waals surface area (Å²) >= 11 is 0. The molecule has 3 nitrogen and oxygen atoms in total. The van der Waals surface area contributed by atoms with E-state index in [1.807, 2.05) is 26.0 Å². The van der Waals surface area contributed by atoms with Crippen molar-refractivity contribution in [1.29, 1.82) is 5.26 Å². The first-order valence-electron chi connectivity index (χ1n) is 5.00. The van der Waals surface area contributed by atoms with Gasteiger partial charge in [0, 0.05) is 12.7 Å². The highest BCUT2D eigenvalue weighted by atomic mass is 15.0. The summed E-state index contributed by atoms with van der Waals surface area (Å²) in [7, 11) is 0. The largest absolute Gasteiger partial charge is 0.369 e. The molecule has 0 saturated heterocycles. The van der Waals surface area contributed by atoms with Crippen LogP contribution in [0.15, 0.2) is 24.4 Å². The van der Waals surface area contributed by atoms with E-state index in [4.69, 9.17) is 5.26 Å². The fourth-order valence-electron chi connectivity index (χ4n) is 1.27. The van der Waals surface area contributed by atoms with E-state index >= 15 is 0 Å². The zero-order valence-electron chi connectivity index (χ0n) is 9.12. The molecule has 1 heterocycles. The first kappa shape index (κ1) is 11.3. The lowest BCUT2D eigenvalue weighted by molar-refractivity contribution is 1.04. The minimum Gasteiger partial charge on any atom is -0.369 e. The van der Waals surface area contributed by atoms with Crippen LogP contribution in [0.5, 0.6) is 0 Å². The Kier molecular flexibility index (Phi) is 4.36. The van der Waals surface area contributed by atoms with Crippen molar-refractivity contribution in [2.75, 3.05) is 11.9 Å². The minimum absolute atomic E-state index is 0.637. The highest BCUT2D eigenvalue weighted by Gasteiger charge is 2.04. The minimum atomic E-state index is 0.637. The summed E-state index contributed by atoms with van der Waals surface area (Å²) in [5, 5.41) is 12.1. The van der Waals surface area contributed by atoms with Gasteiger partial charge in [0.2, 0.25) is 0 Å². The third-order valence-electron chi connectivity index (χ3n) is 2.11. The third kappa shape index (κ3) is 3.10. The van der Waals surface area contributed by atoms with Crippen LogP contribution in [0.25, 0.3) is 0 Å². The van der Waals surface area contributed by atoms with Gasteiger partial charge in [0.1, 0.15) is 11.9 Å². The number of hydrogen-bond donors (Lipinski definition) is 1. The normalized spacial score (nSPS) is 10.2. The van der Waals surface area contributed by atoms with Crippen LogP contribution in [-0.4, -0.2) is 11.5 Å². The van der Waals surface area contributed by atoms with E-state index in [1.165, 1.54) is 0 Å². The molecule has 3 heteroatoms. The van der Waals surface area contributed by atoms with E-state index in [9.17, 15) is 0 Å². The van der Waals surface area contributed by atoms with Crippen LogP contribution < -0.4 is 5.32 Å². The van der Waals surface area contributed by atoms with E-state index in [1.54, 1.807) is 6.20 Å². The van der Waals surface area contributed by atoms with Gasteiger partial charge in [-0.1, -0.05) is 12.2 Å². The number of pyridine rings is 1. The first-order valence-corrected chi connectivity index (χ1v) is 5.00. The van der Waals surface area contributed by atoms with Gasteiger partial charge >= 0.3 is 0 Å². The molecule has 0 aliphatic heterocycles. The van der Waals surface area contributed by atoms with Gasteiger partial charge in [-0.3, -0.25) is 0 Å². The lowest BCUT2D eigenvalue weighted by Crippen LogP contribution is -2.05. The number of nitrogens with zero attached hydrogens (tertiary/aromatic N) is 2. The van der Waals surface area contributed by atoms with Crippen molar-refractivity contribution < 1.29 is 0 Å². The quantitative estimate of drug-likeness (QED) is 0.601. The van der Waals surface area contributed by atoms with Crippen molar-refractivity contribution >= 4 is 5.82 Å². The maximum Gasteiger partial charge on any atom is 0.144 e. The Labute approximate surface area is 90.5 Å². The molecule has 0 fully saturated rings. The average Bonchev–Trinajstić information content (AvgIpc) is 2.24. The van der Waals surface area contributed by atoms with Gasteiger partial charge in [-0.05, 0) is 31.9 Å². The van der Waals surface area contributed by atoms with Crippen molar-refractivity contribution in [1.82, 2.24) is 4.98 Å². The summed E-state index contributed by atoms with van der Waals surface area (Å²) in [5.41, 5.74) is 1.60. The van der Waals surface area contributed by atoms with Crippen LogP contribution in [0.3, 0.4) is 0 Å². The predicted molar refractivity (Wildman–Crippen MR) is 61.6 cm³/mol. The lowest BCUT2D eigenvalue weighted by Gasteiger charge is -2.06. The topological polar surface area (TPSA) is 48.7 Å². The Balaban J connectivity index is 2.69. The van der Waals surface area contributed by atoms with Crippen LogP contribution in [-0.2, 0) is 0 Å². The Morgan fingerprint density at radius 3 is 3.07 bits per heavy atom. The zero-order valence-corrected chi connectivity index (χ0v) is 9.12. The summed E-state index contributed by atoms with van der Waals surface area (Å²) in [6.07, 6.45) is 6.75. The number of hydrogen-bond acceptors (Lipinski definition) is 3. The molecular weight excluding hydrogens is 186 g/mol. The van der Waals surface area contributed by atoms with Gasteiger partial charge in [-0.15, -0.1) is 0 Å². The van der Waals surface area contributed by atoms with Crippen molar-refractivity contribution in [2.45, 2.75) is 20.3 Å². The lowest BCUT2D eigenvalue weighted by atomic mass is 10.1. The van der Waals surface area contributed by atoms with Gasteiger partial charge in [0.25, 0.3) is 0 Å². The van der Waals surface area contributed by atoms with Gasteiger partial charge in [-0.2, -0.15) is 5.26 Å². The average molecular weight is 201 g/mol. The number of allylic oxidation sites excluding steroid dienone is 1. The molecule has 0 bridgehead atoms. The second-order valence-electron chi connectivity index (χ2n) is 3.25. The summed E-state index contributed by atoms with van der Waals surface area (Å²) in [6, 6.07) is 4.00. The Morgan fingerprint density at radius 2 is 2.40 bits per heavy atom. The van der Waals surface area contributed by atoms with E-state index in [2.05, 4.69) is 22.4 Å². The van der Waals surface area contributed by atoms with Crippen LogP contribution in [0, 0.1) is 18.3 Å². The van der Waals surface area contributed by atoms with E-state index in [0.29, 0.717) is 11.4 Å². The van der Waals surface area contributed by atoms with Gasteiger partial charge in [-0.25, -0.2) is 4.98 Å². The number of aromatic nitrogens is 1. The number of aryl methyl sites for hydroxylation is 1. The van der Waals surface area contributed by atoms with E-state index in [0.717, 1.165) is 18.5 Å². The molecule has 1 aromatic rings. The summed E-state index contributed by atoms with van der Waals surface area (Å²) in [4.78, 5) is 4.15. The Hall–Kier alpha value is -1.82. The molecule has 1 aromatic heterocycles. The molecule has 0 radical (unpaired) electrons. The SMILES string of the molecule is C/C=C/CCNc1nccc(C)c1C#N. The third-order valence-corrected chi connectivity index (χ3v) is 2.11. The highest BCUT2D eigenvalue weighted by Crippen LogP contribution is 2.14. The molecule has 0 atom stereocenters. The summed E-state index contributed by atoms with van der Waals surface area (Å²) in [5.74, 6) is 0.682. The van der Waals surface area contributed by atoms with Gasteiger partial charge in [0.15, 0.2) is 0 Å². The standard InChI is InChI=1S/C12H15N3/c1-3-4-5-7-14-12-11(9-13)10(2)6-8-15-12/h3-4,6,8H,5,7H2,1-2H3,(H,14,15)/b4-3+. The van der Waals surface area contributed by atoms with Gasteiger partial charge < -0.3 is 5.32 Å². The molecule has 0 saturated carbocycles. The van der Waals surface area contributed by atoms with E-state index in [-0.39, 0.29) is 0 Å². The smallest absolute Gasteiger partial charge is 0.144 e. The maximum absolute atomic E-state index is 8.96. The zero-order chi connectivity index (χ0) is 11.1. The highest BCUT2D eigenvalue weighted by molar-refractivity contribution is 5.55. The van der Waals surface area contributed by atoms with Crippen LogP contribution in [0.1, 0.15) is 24.5 Å². The molecule has 0 amide bonds. The molecule has 0 aliphatic carbocycles. The van der Waals surface area contributed by atoms with Crippen molar-refractivity contribution in [3.8, 4) is 6.07 Å². The summed E-state index contributed by atoms with van der Waals surface area (Å²) in [6.45, 7) is 4.71. The molecule has 0 aliphatic rings. The molecule has 1 N–H and O–H groups in total. The molecule has 1 rings (SSSR count). The number of nitriles is 1. The molecule has 15 heavy (non-hydrogen) atoms. The number of anilines is 1. The van der Waals surface area contributed by atoms with Crippen LogP contribution in [0.2, 0.25) is 0 Å². The van der Waals surface area contributed by atoms with Gasteiger partial charge in [0.05, 0.1) is 5.56 Å². The van der Waals surface area contributed by atoms with E-state index < -0.39 is 0 Å². The summed E-state index contributed by atoms with van der Waals surface area (Å²) < 4.78 is 0. The van der Waals surface area contributed by atoms with Crippen molar-refractivity contribution in [2.24, 2.45) is 0 Å². The van der Waals surface area contributed by atoms with Crippen LogP contribution in [0.4, 0.5) is 5.82 Å². The molecular formula is C12H15N3. The predicted octanol–water partition coefficient (Wildman–Crippen LogP) is 2.64. The molecule has 78 valence electrons. The number of nitrogens with one attached hydrogen (secondary N) is 1. The second-order valence-corrected chi connectivity index (χ2v) is 3.25. The number of rotatable bonds is 4. The Morgan fingerprint density at radius 1 is 1.60 bits per heavy atom.